The van der Waals surface area contributed by atoms with Gasteiger partial charge in [-0.3, -0.25) is 4.79 Å². The monoisotopic (exact) mass is 355 g/mol. The summed E-state index contributed by atoms with van der Waals surface area (Å²) in [6.07, 6.45) is 0.203. The van der Waals surface area contributed by atoms with Crippen molar-refractivity contribution < 1.29 is 19.1 Å². The number of benzene rings is 2. The van der Waals surface area contributed by atoms with Crippen LogP contribution in [-0.2, 0) is 16.0 Å². The van der Waals surface area contributed by atoms with Crippen molar-refractivity contribution in [1.29, 1.82) is 0 Å². The van der Waals surface area contributed by atoms with E-state index in [1.807, 2.05) is 48.5 Å². The number of carbonyl (C=O) groups excluding carboxylic acids is 2. The largest absolute Gasteiger partial charge is 0.497 e. The van der Waals surface area contributed by atoms with Crippen molar-refractivity contribution in [1.82, 2.24) is 0 Å². The zero-order chi connectivity index (χ0) is 17.8. The Labute approximate surface area is 149 Å². The van der Waals surface area contributed by atoms with Crippen molar-refractivity contribution in [2.75, 3.05) is 19.5 Å². The average Bonchev–Trinajstić information content (AvgIpc) is 3.00. The molecule has 0 aliphatic carbocycles. The van der Waals surface area contributed by atoms with Crippen molar-refractivity contribution in [3.63, 3.8) is 0 Å². The second-order valence-corrected chi connectivity index (χ2v) is 6.42. The van der Waals surface area contributed by atoms with Crippen LogP contribution in [0, 0.1) is 0 Å². The van der Waals surface area contributed by atoms with Crippen molar-refractivity contribution in [3.8, 4) is 5.75 Å². The van der Waals surface area contributed by atoms with Crippen molar-refractivity contribution in [2.24, 2.45) is 0 Å². The highest BCUT2D eigenvalue weighted by Gasteiger charge is 2.20. The summed E-state index contributed by atoms with van der Waals surface area (Å²) in [6, 6.07) is 14.8. The van der Waals surface area contributed by atoms with Gasteiger partial charge < -0.3 is 14.8 Å². The van der Waals surface area contributed by atoms with Gasteiger partial charge in [0.05, 0.1) is 26.3 Å². The van der Waals surface area contributed by atoms with E-state index < -0.39 is 5.97 Å². The van der Waals surface area contributed by atoms with E-state index in [1.54, 1.807) is 7.11 Å². The summed E-state index contributed by atoms with van der Waals surface area (Å²) in [5.74, 6) is 0.0841. The molecule has 25 heavy (non-hydrogen) atoms. The van der Waals surface area contributed by atoms with Crippen LogP contribution in [-0.4, -0.2) is 26.1 Å². The average molecular weight is 355 g/mol. The molecule has 2 aromatic carbocycles. The number of hydrogen-bond acceptors (Lipinski definition) is 5. The van der Waals surface area contributed by atoms with Gasteiger partial charge in [0.25, 0.3) is 0 Å². The highest BCUT2D eigenvalue weighted by atomic mass is 32.1. The summed E-state index contributed by atoms with van der Waals surface area (Å²) in [4.78, 5) is 24.9. The molecule has 0 bridgehead atoms. The first kappa shape index (κ1) is 17.0. The number of fused-ring (bicyclic) bond motifs is 1. The van der Waals surface area contributed by atoms with Gasteiger partial charge in [-0.1, -0.05) is 30.3 Å². The van der Waals surface area contributed by atoms with Gasteiger partial charge in [-0.15, -0.1) is 11.3 Å². The molecule has 0 aliphatic rings. The molecule has 3 rings (SSSR count). The summed E-state index contributed by atoms with van der Waals surface area (Å²) in [5, 5.41) is 3.69. The second-order valence-electron chi connectivity index (χ2n) is 5.37. The molecule has 0 saturated carbocycles. The first-order valence-electron chi connectivity index (χ1n) is 7.65. The summed E-state index contributed by atoms with van der Waals surface area (Å²) in [7, 11) is 2.92. The van der Waals surface area contributed by atoms with E-state index in [4.69, 9.17) is 9.47 Å². The minimum atomic E-state index is -0.457. The summed E-state index contributed by atoms with van der Waals surface area (Å²) in [6.45, 7) is 0. The van der Waals surface area contributed by atoms with Crippen molar-refractivity contribution in [3.05, 3.63) is 59.0 Å². The number of methoxy groups -OCH3 is 2. The molecule has 0 spiro atoms. The lowest BCUT2D eigenvalue weighted by molar-refractivity contribution is -0.115. The quantitative estimate of drug-likeness (QED) is 0.706. The minimum Gasteiger partial charge on any atom is -0.497 e. The number of ether oxygens (including phenoxy) is 2. The molecule has 128 valence electrons. The fourth-order valence-corrected chi connectivity index (χ4v) is 3.59. The van der Waals surface area contributed by atoms with Gasteiger partial charge in [0.2, 0.25) is 5.91 Å². The van der Waals surface area contributed by atoms with Gasteiger partial charge in [0, 0.05) is 10.1 Å². The van der Waals surface area contributed by atoms with E-state index in [2.05, 4.69) is 5.32 Å². The fourth-order valence-electron chi connectivity index (χ4n) is 2.52. The van der Waals surface area contributed by atoms with E-state index in [0.29, 0.717) is 10.6 Å². The SMILES string of the molecule is COC(=O)c1sc2ccccc2c1NC(=O)Cc1ccc(OC)cc1. The number of anilines is 1. The van der Waals surface area contributed by atoms with Crippen LogP contribution in [0.2, 0.25) is 0 Å². The summed E-state index contributed by atoms with van der Waals surface area (Å²) >= 11 is 1.30. The Hall–Kier alpha value is -2.86. The van der Waals surface area contributed by atoms with Gasteiger partial charge in [0.1, 0.15) is 10.6 Å². The molecule has 1 heterocycles. The lowest BCUT2D eigenvalue weighted by atomic mass is 10.1. The van der Waals surface area contributed by atoms with Crippen molar-refractivity contribution in [2.45, 2.75) is 6.42 Å². The summed E-state index contributed by atoms with van der Waals surface area (Å²) < 4.78 is 10.9. The molecular weight excluding hydrogens is 338 g/mol. The van der Waals surface area contributed by atoms with Crippen molar-refractivity contribution >= 4 is 39.0 Å². The van der Waals surface area contributed by atoms with Gasteiger partial charge in [-0.2, -0.15) is 0 Å². The number of thiophene rings is 1. The lowest BCUT2D eigenvalue weighted by Gasteiger charge is -2.07. The Morgan fingerprint density at radius 3 is 2.44 bits per heavy atom. The number of rotatable bonds is 5. The van der Waals surface area contributed by atoms with E-state index in [-0.39, 0.29) is 12.3 Å². The van der Waals surface area contributed by atoms with Gasteiger partial charge in [0.15, 0.2) is 0 Å². The highest BCUT2D eigenvalue weighted by Crippen LogP contribution is 2.36. The number of esters is 1. The van der Waals surface area contributed by atoms with Crippen LogP contribution >= 0.6 is 11.3 Å². The third kappa shape index (κ3) is 3.64. The molecule has 0 saturated heterocycles. The van der Waals surface area contributed by atoms with Crippen LogP contribution in [0.1, 0.15) is 15.2 Å². The molecule has 3 aromatic rings. The standard InChI is InChI=1S/C19H17NO4S/c1-23-13-9-7-12(8-10-13)11-16(21)20-17-14-5-3-4-6-15(14)25-18(17)19(22)24-2/h3-10H,11H2,1-2H3,(H,20,21). The van der Waals surface area contributed by atoms with Crippen LogP contribution in [0.5, 0.6) is 5.75 Å². The van der Waals surface area contributed by atoms with E-state index >= 15 is 0 Å². The maximum atomic E-state index is 12.5. The summed E-state index contributed by atoms with van der Waals surface area (Å²) in [5.41, 5.74) is 1.36. The zero-order valence-corrected chi connectivity index (χ0v) is 14.7. The predicted octanol–water partition coefficient (Wildman–Crippen LogP) is 3.88. The van der Waals surface area contributed by atoms with Crippen LogP contribution in [0.15, 0.2) is 48.5 Å². The Bertz CT molecular complexity index is 915. The van der Waals surface area contributed by atoms with Crippen LogP contribution < -0.4 is 10.1 Å². The zero-order valence-electron chi connectivity index (χ0n) is 13.9. The van der Waals surface area contributed by atoms with Crippen LogP contribution in [0.25, 0.3) is 10.1 Å². The Morgan fingerprint density at radius 2 is 1.76 bits per heavy atom. The van der Waals surface area contributed by atoms with Gasteiger partial charge >= 0.3 is 5.97 Å². The molecule has 0 unspecified atom stereocenters. The van der Waals surface area contributed by atoms with Crippen LogP contribution in [0.4, 0.5) is 5.69 Å². The maximum absolute atomic E-state index is 12.5. The molecule has 0 fully saturated rings. The number of hydrogen-bond donors (Lipinski definition) is 1. The molecule has 6 heteroatoms. The number of amides is 1. The third-order valence-electron chi connectivity index (χ3n) is 3.75. The second kappa shape index (κ2) is 7.36. The Morgan fingerprint density at radius 1 is 1.04 bits per heavy atom. The van der Waals surface area contributed by atoms with E-state index in [0.717, 1.165) is 21.4 Å². The molecule has 0 radical (unpaired) electrons. The number of nitrogens with one attached hydrogen (secondary N) is 1. The Balaban J connectivity index is 1.85. The first-order valence-corrected chi connectivity index (χ1v) is 8.46. The number of carbonyl (C=O) groups is 2. The molecule has 0 atom stereocenters. The topological polar surface area (TPSA) is 64.6 Å². The maximum Gasteiger partial charge on any atom is 0.350 e. The van der Waals surface area contributed by atoms with Gasteiger partial charge in [-0.25, -0.2) is 4.79 Å². The lowest BCUT2D eigenvalue weighted by Crippen LogP contribution is -2.16. The third-order valence-corrected chi connectivity index (χ3v) is 4.91. The van der Waals surface area contributed by atoms with E-state index in [1.165, 1.54) is 18.4 Å². The fraction of sp³-hybridized carbons (Fsp3) is 0.158. The predicted molar refractivity (Wildman–Crippen MR) is 98.5 cm³/mol. The first-order chi connectivity index (χ1) is 12.1. The molecule has 1 N–H and O–H groups in total. The smallest absolute Gasteiger partial charge is 0.350 e. The molecule has 5 nitrogen and oxygen atoms in total. The minimum absolute atomic E-state index is 0.195. The Kier molecular flexibility index (Phi) is 5.00. The van der Waals surface area contributed by atoms with Crippen LogP contribution in [0.3, 0.4) is 0 Å². The molecule has 0 aliphatic heterocycles. The van der Waals surface area contributed by atoms with Gasteiger partial charge in [-0.05, 0) is 23.8 Å². The normalized spacial score (nSPS) is 10.5. The highest BCUT2D eigenvalue weighted by molar-refractivity contribution is 7.21. The molecule has 1 amide bonds. The molecular formula is C19H17NO4S. The van der Waals surface area contributed by atoms with E-state index in [9.17, 15) is 9.59 Å². The molecule has 1 aromatic heterocycles.